The van der Waals surface area contributed by atoms with Crippen molar-refractivity contribution in [2.45, 2.75) is 33.1 Å². The highest BCUT2D eigenvalue weighted by atomic mass is 19.2. The zero-order chi connectivity index (χ0) is 18.9. The molecule has 1 spiro atoms. The minimum Gasteiger partial charge on any atom is -0.342 e. The average molecular weight is 365 g/mol. The molecule has 2 heterocycles. The van der Waals surface area contributed by atoms with Crippen LogP contribution in [0.3, 0.4) is 0 Å². The second kappa shape index (κ2) is 7.21. The van der Waals surface area contributed by atoms with Crippen molar-refractivity contribution in [3.05, 3.63) is 29.8 Å². The molecule has 1 aromatic rings. The van der Waals surface area contributed by atoms with E-state index in [1.165, 1.54) is 6.07 Å². The summed E-state index contributed by atoms with van der Waals surface area (Å²) in [5, 5.41) is 2.61. The Hall–Kier alpha value is -2.18. The van der Waals surface area contributed by atoms with Crippen LogP contribution in [0.25, 0.3) is 0 Å². The van der Waals surface area contributed by atoms with Crippen molar-refractivity contribution in [3.8, 4) is 0 Å². The van der Waals surface area contributed by atoms with Gasteiger partial charge in [-0.1, -0.05) is 13.8 Å². The van der Waals surface area contributed by atoms with E-state index in [4.69, 9.17) is 0 Å². The average Bonchev–Trinajstić information content (AvgIpc) is 2.86. The number of likely N-dealkylation sites (tertiary alicyclic amines) is 2. The Balaban J connectivity index is 1.55. The fourth-order valence-electron chi connectivity index (χ4n) is 3.88. The van der Waals surface area contributed by atoms with Crippen LogP contribution in [0.1, 0.15) is 33.1 Å². The maximum atomic E-state index is 13.3. The lowest BCUT2D eigenvalue weighted by atomic mass is 9.77. The van der Waals surface area contributed by atoms with Crippen LogP contribution >= 0.6 is 0 Å². The lowest BCUT2D eigenvalue weighted by molar-refractivity contribution is -0.128. The molecule has 142 valence electrons. The zero-order valence-corrected chi connectivity index (χ0v) is 15.2. The Morgan fingerprint density at radius 2 is 1.92 bits per heavy atom. The van der Waals surface area contributed by atoms with Gasteiger partial charge < -0.3 is 15.1 Å². The third-order valence-electron chi connectivity index (χ3n) is 5.27. The highest BCUT2D eigenvalue weighted by Gasteiger charge is 2.45. The predicted octanol–water partition coefficient (Wildman–Crippen LogP) is 3.47. The van der Waals surface area contributed by atoms with Crippen LogP contribution in [0, 0.1) is 23.0 Å². The van der Waals surface area contributed by atoms with E-state index >= 15 is 0 Å². The van der Waals surface area contributed by atoms with E-state index in [1.54, 1.807) is 4.90 Å². The van der Waals surface area contributed by atoms with Gasteiger partial charge in [0.25, 0.3) is 0 Å². The molecular weight excluding hydrogens is 340 g/mol. The number of benzene rings is 1. The normalized spacial score (nSPS) is 19.5. The first kappa shape index (κ1) is 18.6. The first-order valence-electron chi connectivity index (χ1n) is 9.07. The van der Waals surface area contributed by atoms with E-state index in [0.29, 0.717) is 25.4 Å². The number of nitrogens with zero attached hydrogens (tertiary/aromatic N) is 2. The number of urea groups is 1. The first-order chi connectivity index (χ1) is 12.3. The van der Waals surface area contributed by atoms with Gasteiger partial charge in [-0.15, -0.1) is 0 Å². The topological polar surface area (TPSA) is 52.6 Å². The minimum absolute atomic E-state index is 0.0370. The standard InChI is InChI=1S/C19H25F2N3O2/c1-13(2)11-24-12-19(10-17(24)25)5-7-23(8-6-19)18(26)22-14-3-4-15(20)16(21)9-14/h3-4,9,13H,5-8,10-12H2,1-2H3,(H,22,26). The molecule has 7 heteroatoms. The van der Waals surface area contributed by atoms with Gasteiger partial charge in [0.2, 0.25) is 5.91 Å². The zero-order valence-electron chi connectivity index (χ0n) is 15.2. The van der Waals surface area contributed by atoms with E-state index < -0.39 is 11.6 Å². The summed E-state index contributed by atoms with van der Waals surface area (Å²) in [6.45, 7) is 6.85. The van der Waals surface area contributed by atoms with Crippen LogP contribution in [-0.4, -0.2) is 47.9 Å². The molecular formula is C19H25F2N3O2. The molecule has 26 heavy (non-hydrogen) atoms. The molecule has 1 aromatic carbocycles. The minimum atomic E-state index is -0.991. The Morgan fingerprint density at radius 3 is 2.54 bits per heavy atom. The van der Waals surface area contributed by atoms with Crippen LogP contribution in [0.2, 0.25) is 0 Å². The molecule has 0 saturated carbocycles. The van der Waals surface area contributed by atoms with Gasteiger partial charge in [-0.25, -0.2) is 13.6 Å². The Bertz CT molecular complexity index is 700. The maximum absolute atomic E-state index is 13.3. The van der Waals surface area contributed by atoms with Gasteiger partial charge in [0.15, 0.2) is 11.6 Å². The summed E-state index contributed by atoms with van der Waals surface area (Å²) < 4.78 is 26.2. The number of halogens is 2. The molecule has 2 aliphatic heterocycles. The summed E-state index contributed by atoms with van der Waals surface area (Å²) in [6.07, 6.45) is 2.11. The van der Waals surface area contributed by atoms with Crippen molar-refractivity contribution in [2.24, 2.45) is 11.3 Å². The smallest absolute Gasteiger partial charge is 0.321 e. The largest absolute Gasteiger partial charge is 0.342 e. The molecule has 1 N–H and O–H groups in total. The van der Waals surface area contributed by atoms with Crippen molar-refractivity contribution in [3.63, 3.8) is 0 Å². The predicted molar refractivity (Wildman–Crippen MR) is 94.7 cm³/mol. The number of carbonyl (C=O) groups excluding carboxylic acids is 2. The Labute approximate surface area is 152 Å². The number of anilines is 1. The molecule has 0 aromatic heterocycles. The molecule has 2 fully saturated rings. The lowest BCUT2D eigenvalue weighted by Gasteiger charge is -2.38. The van der Waals surface area contributed by atoms with E-state index in [2.05, 4.69) is 19.2 Å². The number of hydrogen-bond donors (Lipinski definition) is 1. The molecule has 0 bridgehead atoms. The lowest BCUT2D eigenvalue weighted by Crippen LogP contribution is -2.46. The van der Waals surface area contributed by atoms with E-state index in [9.17, 15) is 18.4 Å². The summed E-state index contributed by atoms with van der Waals surface area (Å²) in [4.78, 5) is 28.2. The third-order valence-corrected chi connectivity index (χ3v) is 5.27. The maximum Gasteiger partial charge on any atom is 0.321 e. The summed E-state index contributed by atoms with van der Waals surface area (Å²) >= 11 is 0. The fourth-order valence-corrected chi connectivity index (χ4v) is 3.88. The van der Waals surface area contributed by atoms with Crippen LogP contribution in [0.4, 0.5) is 19.3 Å². The molecule has 2 aliphatic rings. The van der Waals surface area contributed by atoms with Gasteiger partial charge >= 0.3 is 6.03 Å². The SMILES string of the molecule is CC(C)CN1CC2(CCN(C(=O)Nc3ccc(F)c(F)c3)CC2)CC1=O. The number of amides is 3. The number of hydrogen-bond acceptors (Lipinski definition) is 2. The van der Waals surface area contributed by atoms with Crippen LogP contribution in [0.15, 0.2) is 18.2 Å². The molecule has 0 aliphatic carbocycles. The van der Waals surface area contributed by atoms with Gasteiger partial charge in [-0.2, -0.15) is 0 Å². The molecule has 5 nitrogen and oxygen atoms in total. The summed E-state index contributed by atoms with van der Waals surface area (Å²) in [7, 11) is 0. The van der Waals surface area contributed by atoms with Gasteiger partial charge in [0, 0.05) is 49.8 Å². The monoisotopic (exact) mass is 365 g/mol. The van der Waals surface area contributed by atoms with E-state index in [0.717, 1.165) is 38.1 Å². The molecule has 3 rings (SSSR count). The van der Waals surface area contributed by atoms with Crippen LogP contribution in [0.5, 0.6) is 0 Å². The van der Waals surface area contributed by atoms with Crippen molar-refractivity contribution in [1.29, 1.82) is 0 Å². The second-order valence-corrected chi connectivity index (χ2v) is 7.89. The molecule has 0 radical (unpaired) electrons. The van der Waals surface area contributed by atoms with E-state index in [-0.39, 0.29) is 23.0 Å². The highest BCUT2D eigenvalue weighted by molar-refractivity contribution is 5.89. The number of nitrogens with one attached hydrogen (secondary N) is 1. The summed E-state index contributed by atoms with van der Waals surface area (Å²) in [5.74, 6) is -1.29. The van der Waals surface area contributed by atoms with Crippen molar-refractivity contribution in [1.82, 2.24) is 9.80 Å². The van der Waals surface area contributed by atoms with Crippen molar-refractivity contribution in [2.75, 3.05) is 31.5 Å². The third kappa shape index (κ3) is 3.97. The number of carbonyl (C=O) groups is 2. The van der Waals surface area contributed by atoms with Crippen LogP contribution in [-0.2, 0) is 4.79 Å². The van der Waals surface area contributed by atoms with Gasteiger partial charge in [-0.05, 0) is 30.9 Å². The quantitative estimate of drug-likeness (QED) is 0.892. The first-order valence-corrected chi connectivity index (χ1v) is 9.07. The number of piperidine rings is 1. The Morgan fingerprint density at radius 1 is 1.23 bits per heavy atom. The van der Waals surface area contributed by atoms with Gasteiger partial charge in [0.05, 0.1) is 0 Å². The summed E-state index contributed by atoms with van der Waals surface area (Å²) in [6, 6.07) is 2.97. The Kier molecular flexibility index (Phi) is 5.16. The van der Waals surface area contributed by atoms with Crippen molar-refractivity contribution >= 4 is 17.6 Å². The number of rotatable bonds is 3. The fraction of sp³-hybridized carbons (Fsp3) is 0.579. The van der Waals surface area contributed by atoms with E-state index in [1.807, 2.05) is 4.90 Å². The van der Waals surface area contributed by atoms with Crippen molar-refractivity contribution < 1.29 is 18.4 Å². The van der Waals surface area contributed by atoms with Gasteiger partial charge in [0.1, 0.15) is 0 Å². The van der Waals surface area contributed by atoms with Crippen LogP contribution < -0.4 is 5.32 Å². The van der Waals surface area contributed by atoms with Gasteiger partial charge in [-0.3, -0.25) is 4.79 Å². The molecule has 0 unspecified atom stereocenters. The molecule has 2 saturated heterocycles. The highest BCUT2D eigenvalue weighted by Crippen LogP contribution is 2.41. The second-order valence-electron chi connectivity index (χ2n) is 7.89. The summed E-state index contributed by atoms with van der Waals surface area (Å²) in [5.41, 5.74) is 0.193. The molecule has 3 amide bonds. The molecule has 0 atom stereocenters.